The predicted molar refractivity (Wildman–Crippen MR) is 71.5 cm³/mol. The Morgan fingerprint density at radius 1 is 1.09 bits per heavy atom. The smallest absolute Gasteiger partial charge is 0.342 e. The highest BCUT2D eigenvalue weighted by Gasteiger charge is 2.26. The molecule has 8 heteroatoms. The Labute approximate surface area is 124 Å². The second kappa shape index (κ2) is 7.02. The third kappa shape index (κ3) is 3.92. The molecule has 0 aromatic heterocycles. The van der Waals surface area contributed by atoms with Crippen LogP contribution in [-0.4, -0.2) is 40.4 Å². The van der Waals surface area contributed by atoms with Gasteiger partial charge in [-0.2, -0.15) is 0 Å². The topological polar surface area (TPSA) is 127 Å². The van der Waals surface area contributed by atoms with Gasteiger partial charge in [0.1, 0.15) is 0 Å². The normalized spacial score (nSPS) is 11.1. The van der Waals surface area contributed by atoms with E-state index in [4.69, 9.17) is 14.9 Å². The highest BCUT2D eigenvalue weighted by Crippen LogP contribution is 2.17. The summed E-state index contributed by atoms with van der Waals surface area (Å²) in [6.45, 7) is 4.40. The molecule has 1 unspecified atom stereocenters. The summed E-state index contributed by atoms with van der Waals surface area (Å²) in [5, 5.41) is 18.0. The molecule has 0 aliphatic rings. The number of carbonyl (C=O) groups excluding carboxylic acids is 2. The largest absolute Gasteiger partial charge is 0.478 e. The maximum atomic E-state index is 11.9. The number of carbonyl (C=O) groups is 4. The van der Waals surface area contributed by atoms with Crippen LogP contribution < -0.4 is 0 Å². The fourth-order valence-corrected chi connectivity index (χ4v) is 1.58. The molecule has 0 saturated heterocycles. The van der Waals surface area contributed by atoms with E-state index >= 15 is 0 Å². The lowest BCUT2D eigenvalue weighted by Crippen LogP contribution is -2.23. The van der Waals surface area contributed by atoms with Crippen molar-refractivity contribution in [2.45, 2.75) is 13.2 Å². The van der Waals surface area contributed by atoms with Crippen LogP contribution >= 0.6 is 0 Å². The van der Waals surface area contributed by atoms with Crippen molar-refractivity contribution < 1.29 is 38.9 Å². The van der Waals surface area contributed by atoms with Crippen LogP contribution in [0.2, 0.25) is 0 Å². The molecule has 0 radical (unpaired) electrons. The Bertz CT molecular complexity index is 646. The van der Waals surface area contributed by atoms with Crippen LogP contribution in [-0.2, 0) is 14.3 Å². The molecule has 0 saturated carbocycles. The SMILES string of the molecule is C=CC(=O)OC(C)OC(=O)c1cccc(C(=O)O)c1C(=O)O. The van der Waals surface area contributed by atoms with E-state index in [-0.39, 0.29) is 0 Å². The predicted octanol–water partition coefficient (Wildman–Crippen LogP) is 1.31. The van der Waals surface area contributed by atoms with Crippen LogP contribution in [0.4, 0.5) is 0 Å². The number of ether oxygens (including phenoxy) is 2. The zero-order chi connectivity index (χ0) is 16.9. The number of aromatic carboxylic acids is 2. The molecule has 116 valence electrons. The fourth-order valence-electron chi connectivity index (χ4n) is 1.58. The van der Waals surface area contributed by atoms with Crippen molar-refractivity contribution in [1.82, 2.24) is 0 Å². The van der Waals surface area contributed by atoms with Crippen LogP contribution in [0.15, 0.2) is 30.9 Å². The molecule has 0 amide bonds. The first kappa shape index (κ1) is 16.9. The zero-order valence-corrected chi connectivity index (χ0v) is 11.4. The summed E-state index contributed by atoms with van der Waals surface area (Å²) in [7, 11) is 0. The molecular formula is C14H12O8. The minimum atomic E-state index is -1.60. The van der Waals surface area contributed by atoms with Gasteiger partial charge in [0.15, 0.2) is 0 Å². The first-order valence-corrected chi connectivity index (χ1v) is 5.91. The summed E-state index contributed by atoms with van der Waals surface area (Å²) < 4.78 is 9.35. The first-order chi connectivity index (χ1) is 10.3. The van der Waals surface area contributed by atoms with Gasteiger partial charge in [-0.25, -0.2) is 19.2 Å². The third-order valence-corrected chi connectivity index (χ3v) is 2.45. The maximum Gasteiger partial charge on any atom is 0.342 e. The molecule has 0 spiro atoms. The van der Waals surface area contributed by atoms with Crippen LogP contribution in [0.5, 0.6) is 0 Å². The standard InChI is InChI=1S/C14H12O8/c1-3-10(15)21-7(2)22-14(20)9-6-4-5-8(12(16)17)11(9)13(18)19/h3-7H,1H2,2H3,(H,16,17)(H,18,19). The second-order valence-electron chi connectivity index (χ2n) is 3.95. The van der Waals surface area contributed by atoms with E-state index in [0.29, 0.717) is 0 Å². The minimum Gasteiger partial charge on any atom is -0.478 e. The molecule has 0 aliphatic heterocycles. The van der Waals surface area contributed by atoms with Crippen molar-refractivity contribution in [3.05, 3.63) is 47.5 Å². The molecular weight excluding hydrogens is 296 g/mol. The summed E-state index contributed by atoms with van der Waals surface area (Å²) >= 11 is 0. The summed E-state index contributed by atoms with van der Waals surface area (Å²) in [4.78, 5) is 45.1. The van der Waals surface area contributed by atoms with Crippen molar-refractivity contribution in [3.63, 3.8) is 0 Å². The number of hydrogen-bond donors (Lipinski definition) is 2. The maximum absolute atomic E-state index is 11.9. The van der Waals surface area contributed by atoms with Gasteiger partial charge in [-0.15, -0.1) is 0 Å². The third-order valence-electron chi connectivity index (χ3n) is 2.45. The molecule has 0 heterocycles. The molecule has 0 bridgehead atoms. The Morgan fingerprint density at radius 3 is 2.18 bits per heavy atom. The lowest BCUT2D eigenvalue weighted by Gasteiger charge is -2.14. The number of hydrogen-bond acceptors (Lipinski definition) is 6. The number of benzene rings is 1. The molecule has 0 fully saturated rings. The van der Waals surface area contributed by atoms with Gasteiger partial charge in [-0.3, -0.25) is 0 Å². The lowest BCUT2D eigenvalue weighted by molar-refractivity contribution is -0.159. The van der Waals surface area contributed by atoms with Crippen molar-refractivity contribution >= 4 is 23.9 Å². The van der Waals surface area contributed by atoms with Gasteiger partial charge in [0.05, 0.1) is 16.7 Å². The van der Waals surface area contributed by atoms with Gasteiger partial charge < -0.3 is 19.7 Å². The van der Waals surface area contributed by atoms with Gasteiger partial charge in [-0.05, 0) is 12.1 Å². The van der Waals surface area contributed by atoms with Crippen molar-refractivity contribution in [1.29, 1.82) is 0 Å². The van der Waals surface area contributed by atoms with E-state index in [1.165, 1.54) is 13.0 Å². The highest BCUT2D eigenvalue weighted by atomic mass is 16.7. The lowest BCUT2D eigenvalue weighted by atomic mass is 10.0. The van der Waals surface area contributed by atoms with Crippen LogP contribution in [0, 0.1) is 0 Å². The van der Waals surface area contributed by atoms with Gasteiger partial charge in [0.2, 0.25) is 6.29 Å². The van der Waals surface area contributed by atoms with Gasteiger partial charge in [-0.1, -0.05) is 12.6 Å². The van der Waals surface area contributed by atoms with Crippen LogP contribution in [0.1, 0.15) is 38.0 Å². The van der Waals surface area contributed by atoms with E-state index in [0.717, 1.165) is 18.2 Å². The average Bonchev–Trinajstić information content (AvgIpc) is 2.45. The van der Waals surface area contributed by atoms with E-state index in [2.05, 4.69) is 11.3 Å². The summed E-state index contributed by atoms with van der Waals surface area (Å²) in [5.41, 5.74) is -1.73. The fraction of sp³-hybridized carbons (Fsp3) is 0.143. The minimum absolute atomic E-state index is 0.464. The molecule has 8 nitrogen and oxygen atoms in total. The molecule has 1 rings (SSSR count). The summed E-state index contributed by atoms with van der Waals surface area (Å²) in [6, 6.07) is 3.34. The molecule has 0 aliphatic carbocycles. The van der Waals surface area contributed by atoms with Crippen molar-refractivity contribution in [3.8, 4) is 0 Å². The van der Waals surface area contributed by atoms with Crippen LogP contribution in [0.3, 0.4) is 0 Å². The Morgan fingerprint density at radius 2 is 1.68 bits per heavy atom. The van der Waals surface area contributed by atoms with Crippen molar-refractivity contribution in [2.24, 2.45) is 0 Å². The monoisotopic (exact) mass is 308 g/mol. The zero-order valence-electron chi connectivity index (χ0n) is 11.4. The number of rotatable bonds is 6. The summed E-state index contributed by atoms with van der Waals surface area (Å²) in [6.07, 6.45) is -0.439. The molecule has 1 aromatic rings. The van der Waals surface area contributed by atoms with E-state index in [1.54, 1.807) is 0 Å². The Hall–Kier alpha value is -3.16. The summed E-state index contributed by atoms with van der Waals surface area (Å²) in [5.74, 6) is -5.07. The molecule has 2 N–H and O–H groups in total. The second-order valence-corrected chi connectivity index (χ2v) is 3.95. The van der Waals surface area contributed by atoms with Crippen molar-refractivity contribution in [2.75, 3.05) is 0 Å². The average molecular weight is 308 g/mol. The Kier molecular flexibility index (Phi) is 5.39. The highest BCUT2D eigenvalue weighted by molar-refractivity contribution is 6.09. The van der Waals surface area contributed by atoms with Crippen LogP contribution in [0.25, 0.3) is 0 Å². The Balaban J connectivity index is 3.10. The molecule has 1 atom stereocenters. The van der Waals surface area contributed by atoms with E-state index in [1.807, 2.05) is 0 Å². The first-order valence-electron chi connectivity index (χ1n) is 5.91. The van der Waals surface area contributed by atoms with E-state index < -0.39 is 46.9 Å². The van der Waals surface area contributed by atoms with Gasteiger partial charge >= 0.3 is 23.9 Å². The molecule has 22 heavy (non-hydrogen) atoms. The van der Waals surface area contributed by atoms with E-state index in [9.17, 15) is 19.2 Å². The number of esters is 2. The number of carboxylic acid groups (broad SMARTS) is 2. The number of carboxylic acids is 2. The molecule has 1 aromatic carbocycles. The van der Waals surface area contributed by atoms with Gasteiger partial charge in [0, 0.05) is 13.0 Å². The quantitative estimate of drug-likeness (QED) is 0.457. The van der Waals surface area contributed by atoms with Gasteiger partial charge in [0.25, 0.3) is 0 Å².